The Morgan fingerprint density at radius 2 is 1.62 bits per heavy atom. The fourth-order valence-electron chi connectivity index (χ4n) is 3.36. The highest BCUT2D eigenvalue weighted by Crippen LogP contribution is 2.21. The van der Waals surface area contributed by atoms with Crippen LogP contribution in [0.3, 0.4) is 0 Å². The number of nitrogens with zero attached hydrogens (tertiary/aromatic N) is 1. The molecule has 152 valence electrons. The number of nitrogens with two attached hydrogens (primary N) is 1. The van der Waals surface area contributed by atoms with Gasteiger partial charge in [-0.05, 0) is 55.7 Å². The summed E-state index contributed by atoms with van der Waals surface area (Å²) in [6.45, 7) is 2.92. The van der Waals surface area contributed by atoms with Gasteiger partial charge in [-0.1, -0.05) is 18.2 Å². The van der Waals surface area contributed by atoms with Crippen molar-refractivity contribution in [1.82, 2.24) is 4.90 Å². The standard InChI is InChI=1S/C21H25N5O3/c1-14-5-2-7-16(11-14)25-21(29)26-10-4-6-15(13-26)19(27)23-17-8-3-9-18(12-17)24-20(22)28/h2-3,5,7-9,11-12,15H,4,6,10,13H2,1H3,(H,23,27)(H,25,29)(H3,22,24,28). The lowest BCUT2D eigenvalue weighted by Crippen LogP contribution is -2.45. The van der Waals surface area contributed by atoms with E-state index < -0.39 is 6.03 Å². The van der Waals surface area contributed by atoms with Crippen LogP contribution in [0.15, 0.2) is 48.5 Å². The van der Waals surface area contributed by atoms with Gasteiger partial charge in [0.25, 0.3) is 0 Å². The summed E-state index contributed by atoms with van der Waals surface area (Å²) in [5.74, 6) is -0.464. The van der Waals surface area contributed by atoms with E-state index >= 15 is 0 Å². The highest BCUT2D eigenvalue weighted by Gasteiger charge is 2.28. The number of anilines is 3. The first-order chi connectivity index (χ1) is 13.9. The number of urea groups is 2. The molecule has 0 aromatic heterocycles. The van der Waals surface area contributed by atoms with E-state index in [0.717, 1.165) is 17.7 Å². The topological polar surface area (TPSA) is 117 Å². The van der Waals surface area contributed by atoms with Crippen LogP contribution >= 0.6 is 0 Å². The molecule has 0 saturated carbocycles. The Labute approximate surface area is 169 Å². The SMILES string of the molecule is Cc1cccc(NC(=O)N2CCCC(C(=O)Nc3cccc(NC(N)=O)c3)C2)c1. The number of amides is 5. The van der Waals surface area contributed by atoms with E-state index in [1.807, 2.05) is 31.2 Å². The van der Waals surface area contributed by atoms with Gasteiger partial charge in [-0.15, -0.1) is 0 Å². The molecule has 1 fully saturated rings. The van der Waals surface area contributed by atoms with Crippen LogP contribution in [0.5, 0.6) is 0 Å². The van der Waals surface area contributed by atoms with Gasteiger partial charge in [-0.2, -0.15) is 0 Å². The molecule has 1 aliphatic rings. The zero-order chi connectivity index (χ0) is 20.8. The third kappa shape index (κ3) is 5.71. The highest BCUT2D eigenvalue weighted by atomic mass is 16.2. The number of likely N-dealkylation sites (tertiary alicyclic amines) is 1. The van der Waals surface area contributed by atoms with Crippen LogP contribution in [0.25, 0.3) is 0 Å². The number of nitrogens with one attached hydrogen (secondary N) is 3. The van der Waals surface area contributed by atoms with Crippen LogP contribution in [-0.4, -0.2) is 36.0 Å². The van der Waals surface area contributed by atoms with Crippen molar-refractivity contribution in [2.75, 3.05) is 29.0 Å². The molecule has 0 aliphatic carbocycles. The highest BCUT2D eigenvalue weighted by molar-refractivity contribution is 5.95. The van der Waals surface area contributed by atoms with Gasteiger partial charge in [0, 0.05) is 30.2 Å². The molecule has 5 N–H and O–H groups in total. The molecule has 0 spiro atoms. The van der Waals surface area contributed by atoms with Gasteiger partial charge in [0.05, 0.1) is 5.92 Å². The lowest BCUT2D eigenvalue weighted by Gasteiger charge is -2.32. The largest absolute Gasteiger partial charge is 0.351 e. The van der Waals surface area contributed by atoms with Crippen molar-refractivity contribution in [2.45, 2.75) is 19.8 Å². The normalized spacial score (nSPS) is 16.0. The first-order valence-corrected chi connectivity index (χ1v) is 9.51. The molecule has 1 heterocycles. The monoisotopic (exact) mass is 395 g/mol. The average Bonchev–Trinajstić information content (AvgIpc) is 2.68. The molecule has 3 rings (SSSR count). The van der Waals surface area contributed by atoms with Crippen LogP contribution in [0.1, 0.15) is 18.4 Å². The van der Waals surface area contributed by atoms with E-state index in [9.17, 15) is 14.4 Å². The van der Waals surface area contributed by atoms with E-state index in [0.29, 0.717) is 30.9 Å². The molecule has 1 unspecified atom stereocenters. The molecule has 1 aliphatic heterocycles. The van der Waals surface area contributed by atoms with Crippen molar-refractivity contribution < 1.29 is 14.4 Å². The second-order valence-corrected chi connectivity index (χ2v) is 7.14. The quantitative estimate of drug-likeness (QED) is 0.636. The van der Waals surface area contributed by atoms with Crippen molar-refractivity contribution in [2.24, 2.45) is 11.7 Å². The molecular formula is C21H25N5O3. The smallest absolute Gasteiger partial charge is 0.321 e. The van der Waals surface area contributed by atoms with Crippen molar-refractivity contribution in [3.63, 3.8) is 0 Å². The first kappa shape index (κ1) is 20.2. The summed E-state index contributed by atoms with van der Waals surface area (Å²) in [5, 5.41) is 8.22. The van der Waals surface area contributed by atoms with Crippen molar-refractivity contribution in [1.29, 1.82) is 0 Å². The summed E-state index contributed by atoms with van der Waals surface area (Å²) >= 11 is 0. The van der Waals surface area contributed by atoms with E-state index in [4.69, 9.17) is 5.73 Å². The van der Waals surface area contributed by atoms with Gasteiger partial charge < -0.3 is 26.6 Å². The lowest BCUT2D eigenvalue weighted by atomic mass is 9.97. The minimum atomic E-state index is -0.670. The Kier molecular flexibility index (Phi) is 6.33. The number of rotatable bonds is 4. The number of aryl methyl sites for hydroxylation is 1. The van der Waals surface area contributed by atoms with Crippen LogP contribution < -0.4 is 21.7 Å². The Hall–Kier alpha value is -3.55. The molecule has 0 radical (unpaired) electrons. The van der Waals surface area contributed by atoms with Gasteiger partial charge in [0.2, 0.25) is 5.91 Å². The van der Waals surface area contributed by atoms with Crippen LogP contribution in [0.4, 0.5) is 26.7 Å². The predicted molar refractivity (Wildman–Crippen MR) is 113 cm³/mol. The van der Waals surface area contributed by atoms with E-state index in [2.05, 4.69) is 16.0 Å². The second-order valence-electron chi connectivity index (χ2n) is 7.14. The van der Waals surface area contributed by atoms with Crippen LogP contribution in [-0.2, 0) is 4.79 Å². The fraction of sp³-hybridized carbons (Fsp3) is 0.286. The molecule has 5 amide bonds. The zero-order valence-corrected chi connectivity index (χ0v) is 16.3. The maximum absolute atomic E-state index is 12.7. The van der Waals surface area contributed by atoms with Crippen molar-refractivity contribution >= 4 is 35.0 Å². The number of hydrogen-bond donors (Lipinski definition) is 4. The Morgan fingerprint density at radius 3 is 2.31 bits per heavy atom. The fourth-order valence-corrected chi connectivity index (χ4v) is 3.36. The summed E-state index contributed by atoms with van der Waals surface area (Å²) in [6.07, 6.45) is 1.46. The predicted octanol–water partition coefficient (Wildman–Crippen LogP) is 3.37. The summed E-state index contributed by atoms with van der Waals surface area (Å²) in [6, 6.07) is 13.5. The molecular weight excluding hydrogens is 370 g/mol. The maximum atomic E-state index is 12.7. The Balaban J connectivity index is 1.59. The summed E-state index contributed by atoms with van der Waals surface area (Å²) in [4.78, 5) is 37.9. The van der Waals surface area contributed by atoms with Gasteiger partial charge in [-0.25, -0.2) is 9.59 Å². The molecule has 1 atom stereocenters. The number of primary amides is 1. The van der Waals surface area contributed by atoms with Crippen LogP contribution in [0, 0.1) is 12.8 Å². The number of carbonyl (C=O) groups excluding carboxylic acids is 3. The third-order valence-corrected chi connectivity index (χ3v) is 4.75. The lowest BCUT2D eigenvalue weighted by molar-refractivity contribution is -0.121. The number of hydrogen-bond acceptors (Lipinski definition) is 3. The molecule has 2 aromatic carbocycles. The minimum Gasteiger partial charge on any atom is -0.351 e. The second kappa shape index (κ2) is 9.09. The average molecular weight is 395 g/mol. The number of benzene rings is 2. The summed E-state index contributed by atoms with van der Waals surface area (Å²) in [5.41, 5.74) is 7.97. The number of carbonyl (C=O) groups is 3. The van der Waals surface area contributed by atoms with Crippen molar-refractivity contribution in [3.8, 4) is 0 Å². The number of piperidine rings is 1. The zero-order valence-electron chi connectivity index (χ0n) is 16.3. The molecule has 2 aromatic rings. The van der Waals surface area contributed by atoms with E-state index in [1.165, 1.54) is 0 Å². The summed E-state index contributed by atoms with van der Waals surface area (Å²) in [7, 11) is 0. The molecule has 8 nitrogen and oxygen atoms in total. The molecule has 1 saturated heterocycles. The van der Waals surface area contributed by atoms with Gasteiger partial charge in [-0.3, -0.25) is 4.79 Å². The van der Waals surface area contributed by atoms with Gasteiger partial charge in [0.1, 0.15) is 0 Å². The molecule has 0 bridgehead atoms. The first-order valence-electron chi connectivity index (χ1n) is 9.51. The Bertz CT molecular complexity index is 915. The van der Waals surface area contributed by atoms with E-state index in [1.54, 1.807) is 29.2 Å². The Morgan fingerprint density at radius 1 is 0.966 bits per heavy atom. The van der Waals surface area contributed by atoms with Gasteiger partial charge in [0.15, 0.2) is 0 Å². The molecule has 29 heavy (non-hydrogen) atoms. The maximum Gasteiger partial charge on any atom is 0.321 e. The van der Waals surface area contributed by atoms with Crippen molar-refractivity contribution in [3.05, 3.63) is 54.1 Å². The van der Waals surface area contributed by atoms with Crippen LogP contribution in [0.2, 0.25) is 0 Å². The summed E-state index contributed by atoms with van der Waals surface area (Å²) < 4.78 is 0. The van der Waals surface area contributed by atoms with E-state index in [-0.39, 0.29) is 17.9 Å². The minimum absolute atomic E-state index is 0.158. The molecule has 8 heteroatoms. The van der Waals surface area contributed by atoms with Gasteiger partial charge >= 0.3 is 12.1 Å². The third-order valence-electron chi connectivity index (χ3n) is 4.75.